The van der Waals surface area contributed by atoms with E-state index in [1.165, 1.54) is 0 Å². The number of para-hydroxylation sites is 1. The van der Waals surface area contributed by atoms with E-state index in [-0.39, 0.29) is 26.0 Å². The molecule has 1 fully saturated rings. The van der Waals surface area contributed by atoms with E-state index in [2.05, 4.69) is 11.9 Å². The van der Waals surface area contributed by atoms with Gasteiger partial charge in [0.1, 0.15) is 18.0 Å². The second-order valence-electron chi connectivity index (χ2n) is 5.35. The fourth-order valence-electron chi connectivity index (χ4n) is 2.26. The topological polar surface area (TPSA) is 58.6 Å². The summed E-state index contributed by atoms with van der Waals surface area (Å²) in [6.07, 6.45) is 1.94. The number of amides is 1. The fourth-order valence-corrected chi connectivity index (χ4v) is 2.26. The molecule has 0 saturated heterocycles. The Balaban J connectivity index is 2.00. The van der Waals surface area contributed by atoms with Gasteiger partial charge in [-0.05, 0) is 25.3 Å². The van der Waals surface area contributed by atoms with Gasteiger partial charge in [0.15, 0.2) is 0 Å². The van der Waals surface area contributed by atoms with Crippen molar-refractivity contribution in [2.75, 3.05) is 6.61 Å². The van der Waals surface area contributed by atoms with Crippen molar-refractivity contribution in [2.45, 2.75) is 37.3 Å². The van der Waals surface area contributed by atoms with E-state index in [0.717, 1.165) is 0 Å². The summed E-state index contributed by atoms with van der Waals surface area (Å²) in [6.45, 7) is 3.71. The summed E-state index contributed by atoms with van der Waals surface area (Å²) in [5.74, 6) is -4.76. The molecule has 1 aromatic rings. The first-order valence-corrected chi connectivity index (χ1v) is 7.11. The quantitative estimate of drug-likeness (QED) is 0.760. The molecule has 0 bridgehead atoms. The zero-order valence-electron chi connectivity index (χ0n) is 12.1. The first kappa shape index (κ1) is 16.4. The van der Waals surface area contributed by atoms with Crippen LogP contribution in [0.15, 0.2) is 36.9 Å². The van der Waals surface area contributed by atoms with Crippen molar-refractivity contribution in [2.24, 2.45) is 0 Å². The van der Waals surface area contributed by atoms with Crippen LogP contribution in [-0.2, 0) is 11.3 Å². The second kappa shape index (κ2) is 6.44. The summed E-state index contributed by atoms with van der Waals surface area (Å²) in [5.41, 5.74) is -1.63. The SMILES string of the molecule is C=CCOc1ccccc1CNC(=O)C(F)(F)C1(O)CCC1. The average molecular weight is 311 g/mol. The van der Waals surface area contributed by atoms with Gasteiger partial charge in [0.05, 0.1) is 0 Å². The summed E-state index contributed by atoms with van der Waals surface area (Å²) in [5, 5.41) is 11.9. The smallest absolute Gasteiger partial charge is 0.352 e. The number of carbonyl (C=O) groups excluding carboxylic acids is 1. The molecule has 0 heterocycles. The molecule has 0 aliphatic heterocycles. The van der Waals surface area contributed by atoms with Crippen LogP contribution >= 0.6 is 0 Å². The molecule has 1 aliphatic carbocycles. The lowest BCUT2D eigenvalue weighted by Gasteiger charge is -2.41. The van der Waals surface area contributed by atoms with E-state index in [9.17, 15) is 18.7 Å². The molecule has 0 radical (unpaired) electrons. The van der Waals surface area contributed by atoms with Crippen molar-refractivity contribution in [1.82, 2.24) is 5.32 Å². The normalized spacial score (nSPS) is 16.5. The van der Waals surface area contributed by atoms with Gasteiger partial charge < -0.3 is 15.2 Å². The molecule has 0 atom stereocenters. The number of alkyl halides is 2. The highest BCUT2D eigenvalue weighted by molar-refractivity contribution is 5.85. The molecule has 1 saturated carbocycles. The summed E-state index contributed by atoms with van der Waals surface area (Å²) >= 11 is 0. The van der Waals surface area contributed by atoms with E-state index >= 15 is 0 Å². The Morgan fingerprint density at radius 1 is 1.45 bits per heavy atom. The van der Waals surface area contributed by atoms with Gasteiger partial charge in [0.25, 0.3) is 5.91 Å². The number of halogens is 2. The molecule has 1 aliphatic rings. The van der Waals surface area contributed by atoms with Crippen molar-refractivity contribution >= 4 is 5.91 Å². The monoisotopic (exact) mass is 311 g/mol. The van der Waals surface area contributed by atoms with Crippen LogP contribution in [-0.4, -0.2) is 29.1 Å². The number of ether oxygens (including phenoxy) is 1. The van der Waals surface area contributed by atoms with E-state index in [4.69, 9.17) is 4.74 Å². The second-order valence-corrected chi connectivity index (χ2v) is 5.35. The lowest BCUT2D eigenvalue weighted by Crippen LogP contribution is -2.60. The summed E-state index contributed by atoms with van der Waals surface area (Å²) < 4.78 is 33.3. The van der Waals surface area contributed by atoms with Crippen LogP contribution in [0.3, 0.4) is 0 Å². The van der Waals surface area contributed by atoms with Gasteiger partial charge in [-0.1, -0.05) is 30.9 Å². The van der Waals surface area contributed by atoms with Crippen molar-refractivity contribution < 1.29 is 23.4 Å². The maximum Gasteiger partial charge on any atom is 0.352 e. The Bertz CT molecular complexity index is 556. The lowest BCUT2D eigenvalue weighted by molar-refractivity contribution is -0.216. The van der Waals surface area contributed by atoms with Crippen LogP contribution in [0, 0.1) is 0 Å². The van der Waals surface area contributed by atoms with Crippen LogP contribution in [0.4, 0.5) is 8.78 Å². The highest BCUT2D eigenvalue weighted by Crippen LogP contribution is 2.44. The van der Waals surface area contributed by atoms with Gasteiger partial charge in [0.2, 0.25) is 0 Å². The van der Waals surface area contributed by atoms with Crippen LogP contribution in [0.5, 0.6) is 5.75 Å². The number of carbonyl (C=O) groups is 1. The molecular weight excluding hydrogens is 292 g/mol. The van der Waals surface area contributed by atoms with Gasteiger partial charge in [-0.3, -0.25) is 4.79 Å². The van der Waals surface area contributed by atoms with E-state index in [1.54, 1.807) is 30.3 Å². The Hall–Kier alpha value is -1.95. The van der Waals surface area contributed by atoms with Crippen molar-refractivity contribution in [3.63, 3.8) is 0 Å². The molecule has 120 valence electrons. The maximum atomic E-state index is 13.9. The van der Waals surface area contributed by atoms with Crippen LogP contribution < -0.4 is 10.1 Å². The molecule has 6 heteroatoms. The number of aliphatic hydroxyl groups is 1. The number of nitrogens with one attached hydrogen (secondary N) is 1. The van der Waals surface area contributed by atoms with Crippen molar-refractivity contribution in [3.05, 3.63) is 42.5 Å². The minimum Gasteiger partial charge on any atom is -0.489 e. The minimum absolute atomic E-state index is 0.0630. The molecule has 2 rings (SSSR count). The third kappa shape index (κ3) is 3.11. The molecule has 22 heavy (non-hydrogen) atoms. The highest BCUT2D eigenvalue weighted by atomic mass is 19.3. The highest BCUT2D eigenvalue weighted by Gasteiger charge is 2.61. The molecule has 4 nitrogen and oxygen atoms in total. The third-order valence-electron chi connectivity index (χ3n) is 3.82. The lowest BCUT2D eigenvalue weighted by atomic mass is 9.75. The first-order chi connectivity index (χ1) is 10.4. The minimum atomic E-state index is -3.79. The molecule has 1 aromatic carbocycles. The molecule has 0 aromatic heterocycles. The summed E-state index contributed by atoms with van der Waals surface area (Å²) in [6, 6.07) is 6.83. The standard InChI is InChI=1S/C16H19F2NO3/c1-2-10-22-13-7-4-3-6-12(13)11-19-14(20)16(17,18)15(21)8-5-9-15/h2-4,6-7,21H,1,5,8-11H2,(H,19,20). The van der Waals surface area contributed by atoms with E-state index < -0.39 is 17.4 Å². The number of hydrogen-bond donors (Lipinski definition) is 2. The van der Waals surface area contributed by atoms with Gasteiger partial charge in [-0.2, -0.15) is 8.78 Å². The van der Waals surface area contributed by atoms with E-state index in [0.29, 0.717) is 17.7 Å². The summed E-state index contributed by atoms with van der Waals surface area (Å²) in [4.78, 5) is 11.7. The van der Waals surface area contributed by atoms with Gasteiger partial charge in [-0.15, -0.1) is 0 Å². The van der Waals surface area contributed by atoms with Crippen LogP contribution in [0.1, 0.15) is 24.8 Å². The van der Waals surface area contributed by atoms with Crippen molar-refractivity contribution in [1.29, 1.82) is 0 Å². The Labute approximate surface area is 127 Å². The molecule has 1 amide bonds. The molecule has 2 N–H and O–H groups in total. The maximum absolute atomic E-state index is 13.9. The Morgan fingerprint density at radius 2 is 2.14 bits per heavy atom. The summed E-state index contributed by atoms with van der Waals surface area (Å²) in [7, 11) is 0. The first-order valence-electron chi connectivity index (χ1n) is 7.11. The predicted molar refractivity (Wildman–Crippen MR) is 77.7 cm³/mol. The molecule has 0 unspecified atom stereocenters. The zero-order chi connectivity index (χ0) is 16.2. The number of rotatable bonds is 7. The van der Waals surface area contributed by atoms with E-state index in [1.807, 2.05) is 0 Å². The number of hydrogen-bond acceptors (Lipinski definition) is 3. The fraction of sp³-hybridized carbons (Fsp3) is 0.438. The Morgan fingerprint density at radius 3 is 2.73 bits per heavy atom. The van der Waals surface area contributed by atoms with Crippen molar-refractivity contribution in [3.8, 4) is 5.75 Å². The molecule has 0 spiro atoms. The number of benzene rings is 1. The van der Waals surface area contributed by atoms with Gasteiger partial charge in [-0.25, -0.2) is 0 Å². The van der Waals surface area contributed by atoms with Gasteiger partial charge in [0, 0.05) is 12.1 Å². The average Bonchev–Trinajstić information content (AvgIpc) is 2.48. The predicted octanol–water partition coefficient (Wildman–Crippen LogP) is 2.42. The Kier molecular flexibility index (Phi) is 4.81. The van der Waals surface area contributed by atoms with Crippen LogP contribution in [0.2, 0.25) is 0 Å². The third-order valence-corrected chi connectivity index (χ3v) is 3.82. The largest absolute Gasteiger partial charge is 0.489 e. The van der Waals surface area contributed by atoms with Gasteiger partial charge >= 0.3 is 5.92 Å². The molecular formula is C16H19F2NO3. The zero-order valence-corrected chi connectivity index (χ0v) is 12.1. The van der Waals surface area contributed by atoms with Crippen LogP contribution in [0.25, 0.3) is 0 Å².